The summed E-state index contributed by atoms with van der Waals surface area (Å²) in [5, 5.41) is 10.7. The van der Waals surface area contributed by atoms with Crippen molar-refractivity contribution in [2.24, 2.45) is 5.92 Å². The number of rotatable bonds is 2. The lowest BCUT2D eigenvalue weighted by Crippen LogP contribution is -2.53. The fourth-order valence-electron chi connectivity index (χ4n) is 3.84. The van der Waals surface area contributed by atoms with Gasteiger partial charge >= 0.3 is 0 Å². The van der Waals surface area contributed by atoms with E-state index < -0.39 is 5.60 Å². The van der Waals surface area contributed by atoms with Crippen molar-refractivity contribution < 1.29 is 9.90 Å². The van der Waals surface area contributed by atoms with Crippen molar-refractivity contribution in [1.29, 1.82) is 0 Å². The number of nitrogens with zero attached hydrogens (tertiary/aromatic N) is 1. The van der Waals surface area contributed by atoms with Crippen LogP contribution in [0, 0.1) is 5.92 Å². The highest BCUT2D eigenvalue weighted by Crippen LogP contribution is 2.41. The van der Waals surface area contributed by atoms with Crippen LogP contribution >= 0.6 is 0 Å². The number of aliphatic hydroxyl groups is 1. The monoisotopic (exact) mass is 273 g/mol. The number of hydrogen-bond acceptors (Lipinski definition) is 3. The van der Waals surface area contributed by atoms with Gasteiger partial charge in [0.25, 0.3) is 0 Å². The Balaban J connectivity index is 1.85. The van der Waals surface area contributed by atoms with Crippen LogP contribution in [-0.4, -0.2) is 29.6 Å². The van der Waals surface area contributed by atoms with Crippen molar-refractivity contribution >= 4 is 11.5 Å². The van der Waals surface area contributed by atoms with Crippen molar-refractivity contribution in [3.63, 3.8) is 0 Å². The molecular weight excluding hydrogens is 250 g/mol. The molecule has 0 spiro atoms. The number of anilines is 1. The fourth-order valence-corrected chi connectivity index (χ4v) is 3.84. The summed E-state index contributed by atoms with van der Waals surface area (Å²) in [6.45, 7) is 3.35. The molecule has 2 unspecified atom stereocenters. The third kappa shape index (κ3) is 2.35. The van der Waals surface area contributed by atoms with E-state index in [-0.39, 0.29) is 5.78 Å². The lowest BCUT2D eigenvalue weighted by atomic mass is 9.71. The van der Waals surface area contributed by atoms with Crippen LogP contribution in [0.5, 0.6) is 0 Å². The minimum absolute atomic E-state index is 0.116. The Hall–Kier alpha value is -1.35. The van der Waals surface area contributed by atoms with Crippen molar-refractivity contribution in [2.75, 3.05) is 18.0 Å². The highest BCUT2D eigenvalue weighted by atomic mass is 16.3. The Morgan fingerprint density at radius 1 is 1.30 bits per heavy atom. The highest BCUT2D eigenvalue weighted by Gasteiger charge is 2.43. The van der Waals surface area contributed by atoms with Crippen molar-refractivity contribution in [2.45, 2.75) is 44.6 Å². The van der Waals surface area contributed by atoms with Gasteiger partial charge in [-0.1, -0.05) is 25.0 Å². The molecule has 1 aliphatic carbocycles. The number of hydrogen-bond donors (Lipinski definition) is 1. The number of Topliss-reactive ketones (excluding diaryl/α,β-unsaturated/α-hetero) is 1. The SMILES string of the molecule is CC(=O)c1ccccc1N1CCC2(O)CCCCC2C1. The Morgan fingerprint density at radius 2 is 2.10 bits per heavy atom. The van der Waals surface area contributed by atoms with E-state index in [4.69, 9.17) is 0 Å². The predicted molar refractivity (Wildman–Crippen MR) is 80.2 cm³/mol. The summed E-state index contributed by atoms with van der Waals surface area (Å²) in [6, 6.07) is 7.84. The second-order valence-corrected chi connectivity index (χ2v) is 6.32. The third-order valence-corrected chi connectivity index (χ3v) is 5.05. The average Bonchev–Trinajstić information content (AvgIpc) is 2.46. The molecule has 108 valence electrons. The number of ketones is 1. The Morgan fingerprint density at radius 3 is 2.90 bits per heavy atom. The number of carbonyl (C=O) groups excluding carboxylic acids is 1. The maximum atomic E-state index is 11.8. The van der Waals surface area contributed by atoms with Crippen LogP contribution in [0.4, 0.5) is 5.69 Å². The Kier molecular flexibility index (Phi) is 3.55. The van der Waals surface area contributed by atoms with E-state index in [1.165, 1.54) is 6.42 Å². The molecule has 0 radical (unpaired) electrons. The number of carbonyl (C=O) groups is 1. The van der Waals surface area contributed by atoms with Gasteiger partial charge in [0.2, 0.25) is 0 Å². The minimum Gasteiger partial charge on any atom is -0.389 e. The smallest absolute Gasteiger partial charge is 0.161 e. The van der Waals surface area contributed by atoms with Crippen LogP contribution < -0.4 is 4.90 Å². The van der Waals surface area contributed by atoms with E-state index in [0.717, 1.165) is 50.0 Å². The second kappa shape index (κ2) is 5.21. The maximum Gasteiger partial charge on any atom is 0.161 e. The molecule has 1 saturated carbocycles. The first-order chi connectivity index (χ1) is 9.60. The normalized spacial score (nSPS) is 29.9. The van der Waals surface area contributed by atoms with Crippen LogP contribution in [0.3, 0.4) is 0 Å². The summed E-state index contributed by atoms with van der Waals surface area (Å²) in [4.78, 5) is 14.1. The molecule has 1 saturated heterocycles. The summed E-state index contributed by atoms with van der Waals surface area (Å²) in [6.07, 6.45) is 5.24. The lowest BCUT2D eigenvalue weighted by Gasteiger charge is -2.48. The van der Waals surface area contributed by atoms with Gasteiger partial charge in [-0.15, -0.1) is 0 Å². The first kappa shape index (κ1) is 13.6. The molecule has 1 N–H and O–H groups in total. The molecule has 1 heterocycles. The van der Waals surface area contributed by atoms with E-state index in [9.17, 15) is 9.90 Å². The van der Waals surface area contributed by atoms with Gasteiger partial charge in [-0.25, -0.2) is 0 Å². The molecule has 1 aliphatic heterocycles. The molecule has 0 bridgehead atoms. The summed E-state index contributed by atoms with van der Waals surface area (Å²) in [7, 11) is 0. The van der Waals surface area contributed by atoms with Crippen molar-refractivity contribution in [3.05, 3.63) is 29.8 Å². The van der Waals surface area contributed by atoms with E-state index in [2.05, 4.69) is 4.90 Å². The average molecular weight is 273 g/mol. The number of piperidine rings is 1. The van der Waals surface area contributed by atoms with Gasteiger partial charge in [0.1, 0.15) is 0 Å². The number of fused-ring (bicyclic) bond motifs is 1. The van der Waals surface area contributed by atoms with Crippen molar-refractivity contribution in [3.8, 4) is 0 Å². The van der Waals surface area contributed by atoms with Gasteiger partial charge in [-0.2, -0.15) is 0 Å². The summed E-state index contributed by atoms with van der Waals surface area (Å²) in [5.41, 5.74) is 1.38. The van der Waals surface area contributed by atoms with Crippen molar-refractivity contribution in [1.82, 2.24) is 0 Å². The summed E-state index contributed by atoms with van der Waals surface area (Å²) >= 11 is 0. The summed E-state index contributed by atoms with van der Waals surface area (Å²) in [5.74, 6) is 0.468. The molecule has 1 aromatic rings. The van der Waals surface area contributed by atoms with Crippen LogP contribution in [0.1, 0.15) is 49.4 Å². The second-order valence-electron chi connectivity index (χ2n) is 6.32. The largest absolute Gasteiger partial charge is 0.389 e. The minimum atomic E-state index is -0.458. The topological polar surface area (TPSA) is 40.5 Å². The fraction of sp³-hybridized carbons (Fsp3) is 0.588. The molecule has 0 aromatic heterocycles. The van der Waals surface area contributed by atoms with E-state index >= 15 is 0 Å². The third-order valence-electron chi connectivity index (χ3n) is 5.05. The van der Waals surface area contributed by atoms with Gasteiger partial charge < -0.3 is 10.0 Å². The van der Waals surface area contributed by atoms with Crippen LogP contribution in [0.15, 0.2) is 24.3 Å². The van der Waals surface area contributed by atoms with Gasteiger partial charge in [0.05, 0.1) is 5.60 Å². The van der Waals surface area contributed by atoms with E-state index in [0.29, 0.717) is 5.92 Å². The Bertz CT molecular complexity index is 513. The molecule has 2 atom stereocenters. The zero-order valence-corrected chi connectivity index (χ0v) is 12.1. The quantitative estimate of drug-likeness (QED) is 0.842. The zero-order chi connectivity index (χ0) is 14.2. The predicted octanol–water partition coefficient (Wildman–Crippen LogP) is 3.02. The molecule has 2 aliphatic rings. The standard InChI is InChI=1S/C17H23NO2/c1-13(19)15-7-2-3-8-16(15)18-11-10-17(20)9-5-4-6-14(17)12-18/h2-3,7-8,14,20H,4-6,9-12H2,1H3. The van der Waals surface area contributed by atoms with Crippen LogP contribution in [0.2, 0.25) is 0 Å². The van der Waals surface area contributed by atoms with Gasteiger partial charge in [-0.3, -0.25) is 4.79 Å². The lowest BCUT2D eigenvalue weighted by molar-refractivity contribution is -0.0612. The van der Waals surface area contributed by atoms with E-state index in [1.807, 2.05) is 24.3 Å². The number of benzene rings is 1. The Labute approximate surface area is 120 Å². The first-order valence-corrected chi connectivity index (χ1v) is 7.67. The van der Waals surface area contributed by atoms with E-state index in [1.54, 1.807) is 6.92 Å². The maximum absolute atomic E-state index is 11.8. The van der Waals surface area contributed by atoms with Crippen LogP contribution in [-0.2, 0) is 0 Å². The number of para-hydroxylation sites is 1. The molecular formula is C17H23NO2. The van der Waals surface area contributed by atoms with Gasteiger partial charge in [0, 0.05) is 30.3 Å². The molecule has 20 heavy (non-hydrogen) atoms. The molecule has 3 heteroatoms. The van der Waals surface area contributed by atoms with Gasteiger partial charge in [0.15, 0.2) is 5.78 Å². The van der Waals surface area contributed by atoms with Gasteiger partial charge in [-0.05, 0) is 38.3 Å². The molecule has 1 aromatic carbocycles. The highest BCUT2D eigenvalue weighted by molar-refractivity contribution is 5.99. The molecule has 3 nitrogen and oxygen atoms in total. The molecule has 2 fully saturated rings. The molecule has 0 amide bonds. The van der Waals surface area contributed by atoms with Crippen LogP contribution in [0.25, 0.3) is 0 Å². The summed E-state index contributed by atoms with van der Waals surface area (Å²) < 4.78 is 0. The first-order valence-electron chi connectivity index (χ1n) is 7.67. The molecule has 3 rings (SSSR count). The zero-order valence-electron chi connectivity index (χ0n) is 12.1.